The van der Waals surface area contributed by atoms with Gasteiger partial charge < -0.3 is 9.67 Å². The lowest BCUT2D eigenvalue weighted by atomic mass is 10.1. The number of benzene rings is 1. The van der Waals surface area contributed by atoms with E-state index in [0.29, 0.717) is 11.3 Å². The number of hydrogen-bond acceptors (Lipinski definition) is 3. The standard InChI is InChI=1S/C17H17NO4/c1-11(2)14-9-8-13(17(21)22)16(20)18(14)10-15(19)12-6-4-3-5-7-12/h3-9,11H,10H2,1-2H3,(H,21,22). The average molecular weight is 299 g/mol. The lowest BCUT2D eigenvalue weighted by Crippen LogP contribution is -2.31. The van der Waals surface area contributed by atoms with Crippen LogP contribution in [0.2, 0.25) is 0 Å². The number of ketones is 1. The minimum atomic E-state index is -1.29. The van der Waals surface area contributed by atoms with Crippen LogP contribution >= 0.6 is 0 Å². The predicted molar refractivity (Wildman–Crippen MR) is 82.5 cm³/mol. The monoisotopic (exact) mass is 299 g/mol. The maximum atomic E-state index is 12.3. The zero-order valence-corrected chi connectivity index (χ0v) is 12.4. The highest BCUT2D eigenvalue weighted by Gasteiger charge is 2.18. The summed E-state index contributed by atoms with van der Waals surface area (Å²) in [7, 11) is 0. The van der Waals surface area contributed by atoms with Crippen LogP contribution in [0.5, 0.6) is 0 Å². The van der Waals surface area contributed by atoms with Crippen LogP contribution in [0, 0.1) is 0 Å². The molecule has 5 heteroatoms. The zero-order valence-electron chi connectivity index (χ0n) is 12.4. The summed E-state index contributed by atoms with van der Waals surface area (Å²) in [6.07, 6.45) is 0. The number of carbonyl (C=O) groups is 2. The van der Waals surface area contributed by atoms with Gasteiger partial charge in [0.05, 0.1) is 6.54 Å². The molecule has 1 N–H and O–H groups in total. The first-order valence-electron chi connectivity index (χ1n) is 6.97. The highest BCUT2D eigenvalue weighted by Crippen LogP contribution is 2.14. The van der Waals surface area contributed by atoms with E-state index in [4.69, 9.17) is 5.11 Å². The van der Waals surface area contributed by atoms with Gasteiger partial charge in [-0.2, -0.15) is 0 Å². The number of rotatable bonds is 5. The fraction of sp³-hybridized carbons (Fsp3) is 0.235. The zero-order chi connectivity index (χ0) is 16.3. The molecule has 1 aromatic carbocycles. The van der Waals surface area contributed by atoms with E-state index in [-0.39, 0.29) is 23.8 Å². The smallest absolute Gasteiger partial charge is 0.341 e. The third-order valence-electron chi connectivity index (χ3n) is 3.43. The van der Waals surface area contributed by atoms with Crippen molar-refractivity contribution in [1.82, 2.24) is 4.57 Å². The van der Waals surface area contributed by atoms with Gasteiger partial charge in [-0.1, -0.05) is 44.2 Å². The van der Waals surface area contributed by atoms with Gasteiger partial charge >= 0.3 is 5.97 Å². The molecule has 2 rings (SSSR count). The first kappa shape index (κ1) is 15.7. The first-order valence-corrected chi connectivity index (χ1v) is 6.97. The van der Waals surface area contributed by atoms with Crippen molar-refractivity contribution in [2.45, 2.75) is 26.3 Å². The summed E-state index contributed by atoms with van der Waals surface area (Å²) in [5.74, 6) is -1.52. The van der Waals surface area contributed by atoms with Gasteiger partial charge in [0, 0.05) is 11.3 Å². The molecule has 0 spiro atoms. The topological polar surface area (TPSA) is 76.4 Å². The Morgan fingerprint density at radius 1 is 1.09 bits per heavy atom. The number of pyridine rings is 1. The molecule has 0 saturated heterocycles. The van der Waals surface area contributed by atoms with E-state index >= 15 is 0 Å². The Bertz CT molecular complexity index is 760. The lowest BCUT2D eigenvalue weighted by molar-refractivity contribution is 0.0693. The number of carboxylic acid groups (broad SMARTS) is 1. The fourth-order valence-electron chi connectivity index (χ4n) is 2.28. The first-order chi connectivity index (χ1) is 10.4. The van der Waals surface area contributed by atoms with Crippen LogP contribution in [-0.4, -0.2) is 21.4 Å². The second kappa shape index (κ2) is 6.39. The summed E-state index contributed by atoms with van der Waals surface area (Å²) in [5, 5.41) is 9.07. The quantitative estimate of drug-likeness (QED) is 0.861. The SMILES string of the molecule is CC(C)c1ccc(C(=O)O)c(=O)n1CC(=O)c1ccccc1. The number of aromatic carboxylic acids is 1. The van der Waals surface area contributed by atoms with Gasteiger partial charge in [-0.3, -0.25) is 9.59 Å². The Balaban J connectivity index is 2.49. The van der Waals surface area contributed by atoms with Crippen LogP contribution in [-0.2, 0) is 6.54 Å². The molecule has 0 amide bonds. The Labute approximate surface area is 127 Å². The summed E-state index contributed by atoms with van der Waals surface area (Å²) in [5.41, 5.74) is 0.150. The molecule has 0 aliphatic heterocycles. The van der Waals surface area contributed by atoms with Crippen molar-refractivity contribution in [2.75, 3.05) is 0 Å². The van der Waals surface area contributed by atoms with Crippen molar-refractivity contribution < 1.29 is 14.7 Å². The number of hydrogen-bond donors (Lipinski definition) is 1. The molecule has 0 bridgehead atoms. The summed E-state index contributed by atoms with van der Waals surface area (Å²) in [4.78, 5) is 35.8. The van der Waals surface area contributed by atoms with E-state index in [1.54, 1.807) is 36.4 Å². The average Bonchev–Trinajstić information content (AvgIpc) is 2.49. The molecule has 1 heterocycles. The third-order valence-corrected chi connectivity index (χ3v) is 3.43. The van der Waals surface area contributed by atoms with Crippen LogP contribution in [0.25, 0.3) is 0 Å². The van der Waals surface area contributed by atoms with Crippen molar-refractivity contribution in [2.24, 2.45) is 0 Å². The molecular formula is C17H17NO4. The molecule has 0 radical (unpaired) electrons. The molecule has 0 fully saturated rings. The van der Waals surface area contributed by atoms with Gasteiger partial charge in [0.15, 0.2) is 5.78 Å². The van der Waals surface area contributed by atoms with Crippen LogP contribution in [0.15, 0.2) is 47.3 Å². The molecular weight excluding hydrogens is 282 g/mol. The Morgan fingerprint density at radius 2 is 1.73 bits per heavy atom. The van der Waals surface area contributed by atoms with Crippen LogP contribution < -0.4 is 5.56 Å². The van der Waals surface area contributed by atoms with Gasteiger partial charge in [-0.05, 0) is 18.1 Å². The number of aromatic nitrogens is 1. The number of carbonyl (C=O) groups excluding carboxylic acids is 1. The summed E-state index contributed by atoms with van der Waals surface area (Å²) in [6, 6.07) is 11.5. The number of Topliss-reactive ketones (excluding diaryl/α,β-unsaturated/α-hetero) is 1. The lowest BCUT2D eigenvalue weighted by Gasteiger charge is -2.15. The molecule has 5 nitrogen and oxygen atoms in total. The van der Waals surface area contributed by atoms with E-state index < -0.39 is 11.5 Å². The molecule has 114 valence electrons. The number of nitrogens with zero attached hydrogens (tertiary/aromatic N) is 1. The molecule has 0 saturated carbocycles. The highest BCUT2D eigenvalue weighted by atomic mass is 16.4. The summed E-state index contributed by atoms with van der Waals surface area (Å²) < 4.78 is 1.25. The van der Waals surface area contributed by atoms with Crippen molar-refractivity contribution in [3.05, 3.63) is 69.6 Å². The minimum absolute atomic E-state index is 0.000816. The largest absolute Gasteiger partial charge is 0.477 e. The van der Waals surface area contributed by atoms with Crippen molar-refractivity contribution in [1.29, 1.82) is 0 Å². The Hall–Kier alpha value is -2.69. The van der Waals surface area contributed by atoms with Crippen LogP contribution in [0.1, 0.15) is 46.2 Å². The molecule has 0 unspecified atom stereocenters. The van der Waals surface area contributed by atoms with Crippen molar-refractivity contribution in [3.63, 3.8) is 0 Å². The Morgan fingerprint density at radius 3 is 2.27 bits per heavy atom. The van der Waals surface area contributed by atoms with E-state index in [2.05, 4.69) is 0 Å². The van der Waals surface area contributed by atoms with Crippen molar-refractivity contribution in [3.8, 4) is 0 Å². The molecule has 1 aromatic heterocycles. The molecule has 0 aliphatic carbocycles. The van der Waals surface area contributed by atoms with E-state index in [9.17, 15) is 14.4 Å². The summed E-state index contributed by atoms with van der Waals surface area (Å²) >= 11 is 0. The maximum Gasteiger partial charge on any atom is 0.341 e. The molecule has 0 aliphatic rings. The predicted octanol–water partition coefficient (Wildman–Crippen LogP) is 2.55. The van der Waals surface area contributed by atoms with Gasteiger partial charge in [0.2, 0.25) is 0 Å². The number of carboxylic acids is 1. The molecule has 2 aromatic rings. The normalized spacial score (nSPS) is 10.7. The minimum Gasteiger partial charge on any atom is -0.477 e. The second-order valence-corrected chi connectivity index (χ2v) is 5.31. The fourth-order valence-corrected chi connectivity index (χ4v) is 2.28. The van der Waals surface area contributed by atoms with Crippen LogP contribution in [0.4, 0.5) is 0 Å². The van der Waals surface area contributed by atoms with E-state index in [0.717, 1.165) is 0 Å². The van der Waals surface area contributed by atoms with Gasteiger partial charge in [-0.15, -0.1) is 0 Å². The maximum absolute atomic E-state index is 12.3. The highest BCUT2D eigenvalue weighted by molar-refractivity contribution is 5.96. The Kier molecular flexibility index (Phi) is 4.56. The third kappa shape index (κ3) is 3.14. The summed E-state index contributed by atoms with van der Waals surface area (Å²) in [6.45, 7) is 3.61. The van der Waals surface area contributed by atoms with Gasteiger partial charge in [0.1, 0.15) is 5.56 Å². The van der Waals surface area contributed by atoms with Crippen molar-refractivity contribution >= 4 is 11.8 Å². The molecule has 22 heavy (non-hydrogen) atoms. The van der Waals surface area contributed by atoms with E-state index in [1.165, 1.54) is 10.6 Å². The second-order valence-electron chi connectivity index (χ2n) is 5.31. The van der Waals surface area contributed by atoms with Crippen LogP contribution in [0.3, 0.4) is 0 Å². The van der Waals surface area contributed by atoms with Gasteiger partial charge in [-0.25, -0.2) is 4.79 Å². The van der Waals surface area contributed by atoms with Gasteiger partial charge in [0.25, 0.3) is 5.56 Å². The molecule has 0 atom stereocenters. The van der Waals surface area contributed by atoms with E-state index in [1.807, 2.05) is 13.8 Å².